The normalized spacial score (nSPS) is 17.1. The fourth-order valence-corrected chi connectivity index (χ4v) is 5.12. The highest BCUT2D eigenvalue weighted by Crippen LogP contribution is 2.32. The number of rotatable bonds is 5. The molecule has 1 aliphatic rings. The van der Waals surface area contributed by atoms with Crippen molar-refractivity contribution in [2.75, 3.05) is 37.1 Å². The monoisotopic (exact) mass is 488 g/mol. The number of aryl methyl sites for hydroxylation is 1. The number of methoxy groups -OCH3 is 1. The SMILES string of the molecule is COc1cc2nc(N)n3nc([C@@H]4CCCN(c5cn(CS(C)(=O)=O)nc5C)C4)nc3c2cc1F. The number of sulfone groups is 1. The van der Waals surface area contributed by atoms with E-state index in [4.69, 9.17) is 15.5 Å². The van der Waals surface area contributed by atoms with Crippen LogP contribution in [-0.2, 0) is 15.7 Å². The Balaban J connectivity index is 1.49. The summed E-state index contributed by atoms with van der Waals surface area (Å²) >= 11 is 0. The van der Waals surface area contributed by atoms with Crippen LogP contribution in [0.3, 0.4) is 0 Å². The van der Waals surface area contributed by atoms with Crippen molar-refractivity contribution in [3.63, 3.8) is 0 Å². The summed E-state index contributed by atoms with van der Waals surface area (Å²) in [5, 5.41) is 9.46. The first-order valence-corrected chi connectivity index (χ1v) is 12.8. The smallest absolute Gasteiger partial charge is 0.223 e. The maximum absolute atomic E-state index is 14.4. The van der Waals surface area contributed by atoms with Gasteiger partial charge in [0, 0.05) is 42.9 Å². The first kappa shape index (κ1) is 22.3. The number of piperidine rings is 1. The van der Waals surface area contributed by atoms with E-state index in [9.17, 15) is 12.8 Å². The lowest BCUT2D eigenvalue weighted by Crippen LogP contribution is -2.35. The number of fused-ring (bicyclic) bond motifs is 3. The summed E-state index contributed by atoms with van der Waals surface area (Å²) in [6.07, 6.45) is 4.72. The predicted octanol–water partition coefficient (Wildman–Crippen LogP) is 1.90. The molecule has 2 N–H and O–H groups in total. The number of halogens is 1. The van der Waals surface area contributed by atoms with Gasteiger partial charge in [0.05, 0.1) is 24.0 Å². The van der Waals surface area contributed by atoms with Crippen LogP contribution >= 0.6 is 0 Å². The molecule has 0 aliphatic carbocycles. The summed E-state index contributed by atoms with van der Waals surface area (Å²) < 4.78 is 45.7. The van der Waals surface area contributed by atoms with Crippen LogP contribution in [0.2, 0.25) is 0 Å². The van der Waals surface area contributed by atoms with E-state index in [0.717, 1.165) is 30.8 Å². The number of benzene rings is 1. The summed E-state index contributed by atoms with van der Waals surface area (Å²) in [4.78, 5) is 11.2. The van der Waals surface area contributed by atoms with Crippen molar-refractivity contribution in [2.24, 2.45) is 0 Å². The van der Waals surface area contributed by atoms with Crippen LogP contribution in [0, 0.1) is 12.7 Å². The van der Waals surface area contributed by atoms with E-state index in [1.54, 1.807) is 6.20 Å². The molecule has 1 atom stereocenters. The van der Waals surface area contributed by atoms with E-state index < -0.39 is 15.7 Å². The minimum absolute atomic E-state index is 0.00357. The Morgan fingerprint density at radius 3 is 2.79 bits per heavy atom. The van der Waals surface area contributed by atoms with Gasteiger partial charge in [-0.05, 0) is 25.8 Å². The molecule has 180 valence electrons. The number of nitrogen functional groups attached to an aromatic ring is 1. The van der Waals surface area contributed by atoms with E-state index in [2.05, 4.69) is 20.1 Å². The van der Waals surface area contributed by atoms with Gasteiger partial charge in [0.1, 0.15) is 5.88 Å². The second-order valence-corrected chi connectivity index (χ2v) is 10.8. The Kier molecular flexibility index (Phi) is 5.30. The molecule has 1 aliphatic heterocycles. The van der Waals surface area contributed by atoms with Gasteiger partial charge in [-0.2, -0.15) is 9.61 Å². The third-order valence-electron chi connectivity index (χ3n) is 6.00. The van der Waals surface area contributed by atoms with Crippen LogP contribution < -0.4 is 15.4 Å². The molecule has 1 saturated heterocycles. The van der Waals surface area contributed by atoms with Gasteiger partial charge in [0.25, 0.3) is 0 Å². The Morgan fingerprint density at radius 2 is 2.06 bits per heavy atom. The second-order valence-electron chi connectivity index (χ2n) is 8.66. The van der Waals surface area contributed by atoms with Gasteiger partial charge in [0.2, 0.25) is 5.95 Å². The number of ether oxygens (including phenoxy) is 1. The molecule has 0 spiro atoms. The standard InChI is InChI=1S/C21H25FN8O3S/c1-12-17(10-29(26-12)11-34(3,31)32)28-6-4-5-13(9-28)19-25-20-14-7-15(22)18(33-2)8-16(14)24-21(23)30(20)27-19/h7-8,10,13H,4-6,9,11H2,1-3H3,(H2,23,24)/t13-/m1/s1. The Labute approximate surface area is 195 Å². The van der Waals surface area contributed by atoms with Crippen molar-refractivity contribution in [3.8, 4) is 5.75 Å². The first-order valence-electron chi connectivity index (χ1n) is 10.8. The lowest BCUT2D eigenvalue weighted by Gasteiger charge is -2.32. The lowest BCUT2D eigenvalue weighted by atomic mass is 9.97. The minimum atomic E-state index is -3.20. The van der Waals surface area contributed by atoms with Gasteiger partial charge < -0.3 is 15.4 Å². The summed E-state index contributed by atoms with van der Waals surface area (Å²) in [5.74, 6) is 0.156. The molecule has 0 unspecified atom stereocenters. The summed E-state index contributed by atoms with van der Waals surface area (Å²) in [7, 11) is -1.81. The minimum Gasteiger partial charge on any atom is -0.494 e. The van der Waals surface area contributed by atoms with Crippen LogP contribution in [0.1, 0.15) is 30.3 Å². The van der Waals surface area contributed by atoms with Gasteiger partial charge in [-0.15, -0.1) is 5.10 Å². The Hall–Kier alpha value is -3.48. The van der Waals surface area contributed by atoms with Crippen molar-refractivity contribution in [2.45, 2.75) is 31.6 Å². The zero-order valence-electron chi connectivity index (χ0n) is 19.1. The summed E-state index contributed by atoms with van der Waals surface area (Å²) in [5.41, 5.74) is 8.69. The molecule has 11 nitrogen and oxygen atoms in total. The number of nitrogens with zero attached hydrogens (tertiary/aromatic N) is 7. The Bertz CT molecular complexity index is 1510. The molecule has 34 heavy (non-hydrogen) atoms. The van der Waals surface area contributed by atoms with Gasteiger partial charge in [0.15, 0.2) is 32.9 Å². The average molecular weight is 489 g/mol. The third kappa shape index (κ3) is 4.00. The van der Waals surface area contributed by atoms with Crippen LogP contribution in [0.15, 0.2) is 18.3 Å². The summed E-state index contributed by atoms with van der Waals surface area (Å²) in [6, 6.07) is 2.83. The lowest BCUT2D eigenvalue weighted by molar-refractivity contribution is 0.387. The summed E-state index contributed by atoms with van der Waals surface area (Å²) in [6.45, 7) is 3.31. The molecule has 13 heteroatoms. The molecule has 1 aromatic carbocycles. The molecule has 5 rings (SSSR count). The molecular weight excluding hydrogens is 463 g/mol. The van der Waals surface area contributed by atoms with E-state index in [0.29, 0.717) is 28.9 Å². The van der Waals surface area contributed by atoms with E-state index in [1.807, 2.05) is 6.92 Å². The number of hydrogen-bond donors (Lipinski definition) is 1. The highest BCUT2D eigenvalue weighted by Gasteiger charge is 2.28. The van der Waals surface area contributed by atoms with Crippen molar-refractivity contribution < 1.29 is 17.5 Å². The Morgan fingerprint density at radius 1 is 1.26 bits per heavy atom. The zero-order chi connectivity index (χ0) is 24.2. The number of hydrogen-bond acceptors (Lipinski definition) is 9. The fourth-order valence-electron chi connectivity index (χ4n) is 4.51. The first-order chi connectivity index (χ1) is 16.1. The molecule has 4 heterocycles. The largest absolute Gasteiger partial charge is 0.494 e. The van der Waals surface area contributed by atoms with Gasteiger partial charge in [-0.3, -0.25) is 4.68 Å². The molecule has 1 fully saturated rings. The maximum atomic E-state index is 14.4. The van der Waals surface area contributed by atoms with Gasteiger partial charge >= 0.3 is 0 Å². The van der Waals surface area contributed by atoms with E-state index in [-0.39, 0.29) is 23.5 Å². The van der Waals surface area contributed by atoms with E-state index >= 15 is 0 Å². The van der Waals surface area contributed by atoms with Crippen LogP contribution in [-0.4, -0.2) is 64.2 Å². The van der Waals surface area contributed by atoms with Crippen molar-refractivity contribution in [3.05, 3.63) is 35.7 Å². The topological polar surface area (TPSA) is 134 Å². The molecule has 0 amide bonds. The van der Waals surface area contributed by atoms with Gasteiger partial charge in [-0.25, -0.2) is 22.8 Å². The molecule has 0 saturated carbocycles. The van der Waals surface area contributed by atoms with Crippen LogP contribution in [0.4, 0.5) is 16.0 Å². The van der Waals surface area contributed by atoms with Crippen molar-refractivity contribution in [1.29, 1.82) is 0 Å². The van der Waals surface area contributed by atoms with Crippen molar-refractivity contribution >= 4 is 38.0 Å². The fraction of sp³-hybridized carbons (Fsp3) is 0.429. The second kappa shape index (κ2) is 8.08. The number of nitrogens with two attached hydrogens (primary N) is 1. The number of aromatic nitrogens is 6. The van der Waals surface area contributed by atoms with Crippen molar-refractivity contribution in [1.82, 2.24) is 29.4 Å². The number of anilines is 2. The molecule has 0 bridgehead atoms. The molecule has 3 aromatic heterocycles. The van der Waals surface area contributed by atoms with Gasteiger partial charge in [-0.1, -0.05) is 0 Å². The highest BCUT2D eigenvalue weighted by molar-refractivity contribution is 7.89. The van der Waals surface area contributed by atoms with Crippen LogP contribution in [0.5, 0.6) is 5.75 Å². The third-order valence-corrected chi connectivity index (χ3v) is 6.73. The average Bonchev–Trinajstić information content (AvgIpc) is 3.37. The molecule has 0 radical (unpaired) electrons. The maximum Gasteiger partial charge on any atom is 0.223 e. The highest BCUT2D eigenvalue weighted by atomic mass is 32.2. The molecule has 4 aromatic rings. The van der Waals surface area contributed by atoms with Crippen LogP contribution in [0.25, 0.3) is 16.6 Å². The zero-order valence-corrected chi connectivity index (χ0v) is 19.9. The quantitative estimate of drug-likeness (QED) is 0.447. The molecular formula is C21H25FN8O3S. The predicted molar refractivity (Wildman–Crippen MR) is 125 cm³/mol. The van der Waals surface area contributed by atoms with E-state index in [1.165, 1.54) is 34.7 Å².